The smallest absolute Gasteiger partial charge is 0.241 e. The zero-order chi connectivity index (χ0) is 11.4. The highest BCUT2D eigenvalue weighted by atomic mass is 16.5. The van der Waals surface area contributed by atoms with Crippen LogP contribution < -0.4 is 15.6 Å². The van der Waals surface area contributed by atoms with Crippen molar-refractivity contribution in [1.29, 1.82) is 0 Å². The Kier molecular flexibility index (Phi) is 3.29. The normalized spacial score (nSPS) is 15.1. The summed E-state index contributed by atoms with van der Waals surface area (Å²) in [6, 6.07) is 7.41. The number of methoxy groups -OCH3 is 1. The van der Waals surface area contributed by atoms with Gasteiger partial charge in [-0.2, -0.15) is 0 Å². The molecule has 0 saturated heterocycles. The number of hydrazine groups is 1. The van der Waals surface area contributed by atoms with Gasteiger partial charge in [-0.15, -0.1) is 0 Å². The third-order valence-corrected chi connectivity index (χ3v) is 2.90. The summed E-state index contributed by atoms with van der Waals surface area (Å²) >= 11 is 0. The molecular formula is C12H16N2O2. The number of ether oxygens (including phenoxy) is 1. The summed E-state index contributed by atoms with van der Waals surface area (Å²) in [7, 11) is 1.63. The largest absolute Gasteiger partial charge is 0.497 e. The van der Waals surface area contributed by atoms with Crippen LogP contribution in [0.3, 0.4) is 0 Å². The van der Waals surface area contributed by atoms with Gasteiger partial charge in [-0.25, -0.2) is 0 Å². The molecule has 0 aromatic heterocycles. The van der Waals surface area contributed by atoms with E-state index in [2.05, 4.69) is 10.9 Å². The van der Waals surface area contributed by atoms with Crippen molar-refractivity contribution >= 4 is 11.6 Å². The molecular weight excluding hydrogens is 204 g/mol. The first-order chi connectivity index (χ1) is 7.79. The molecule has 4 heteroatoms. The Labute approximate surface area is 95.0 Å². The van der Waals surface area contributed by atoms with Crippen molar-refractivity contribution in [2.45, 2.75) is 19.3 Å². The van der Waals surface area contributed by atoms with Gasteiger partial charge in [0, 0.05) is 5.92 Å². The van der Waals surface area contributed by atoms with E-state index in [-0.39, 0.29) is 11.8 Å². The Hall–Kier alpha value is -1.71. The predicted octanol–water partition coefficient (Wildman–Crippen LogP) is 1.94. The van der Waals surface area contributed by atoms with Crippen molar-refractivity contribution in [1.82, 2.24) is 5.43 Å². The van der Waals surface area contributed by atoms with Crippen LogP contribution in [0.15, 0.2) is 24.3 Å². The number of carbonyl (C=O) groups is 1. The molecule has 1 amide bonds. The van der Waals surface area contributed by atoms with Gasteiger partial charge >= 0.3 is 0 Å². The predicted molar refractivity (Wildman–Crippen MR) is 62.1 cm³/mol. The SMILES string of the molecule is COc1ccc(NNC(=O)C2CCC2)cc1. The molecule has 86 valence electrons. The van der Waals surface area contributed by atoms with Crippen molar-refractivity contribution in [3.05, 3.63) is 24.3 Å². The first-order valence-corrected chi connectivity index (χ1v) is 5.49. The first kappa shape index (κ1) is 10.8. The topological polar surface area (TPSA) is 50.4 Å². The molecule has 0 aliphatic heterocycles. The van der Waals surface area contributed by atoms with E-state index in [0.717, 1.165) is 24.3 Å². The van der Waals surface area contributed by atoms with Gasteiger partial charge in [0.1, 0.15) is 5.75 Å². The molecule has 0 unspecified atom stereocenters. The van der Waals surface area contributed by atoms with E-state index in [9.17, 15) is 4.79 Å². The van der Waals surface area contributed by atoms with Crippen LogP contribution in [0.5, 0.6) is 5.75 Å². The fraction of sp³-hybridized carbons (Fsp3) is 0.417. The van der Waals surface area contributed by atoms with Crippen molar-refractivity contribution in [2.24, 2.45) is 5.92 Å². The molecule has 2 rings (SSSR count). The van der Waals surface area contributed by atoms with Crippen LogP contribution in [0, 0.1) is 5.92 Å². The molecule has 2 N–H and O–H groups in total. The Balaban J connectivity index is 1.81. The second-order valence-corrected chi connectivity index (χ2v) is 3.97. The van der Waals surface area contributed by atoms with Crippen molar-refractivity contribution in [3.63, 3.8) is 0 Å². The molecule has 0 atom stereocenters. The molecule has 0 bridgehead atoms. The van der Waals surface area contributed by atoms with E-state index >= 15 is 0 Å². The average molecular weight is 220 g/mol. The number of anilines is 1. The second kappa shape index (κ2) is 4.88. The highest BCUT2D eigenvalue weighted by Gasteiger charge is 2.24. The van der Waals surface area contributed by atoms with Crippen molar-refractivity contribution in [2.75, 3.05) is 12.5 Å². The second-order valence-electron chi connectivity index (χ2n) is 3.97. The van der Waals surface area contributed by atoms with Crippen LogP contribution in [0.4, 0.5) is 5.69 Å². The van der Waals surface area contributed by atoms with E-state index in [1.807, 2.05) is 24.3 Å². The maximum Gasteiger partial charge on any atom is 0.241 e. The Morgan fingerprint density at radius 1 is 1.31 bits per heavy atom. The maximum atomic E-state index is 11.5. The summed E-state index contributed by atoms with van der Waals surface area (Å²) in [6.45, 7) is 0. The Morgan fingerprint density at radius 2 is 2.00 bits per heavy atom. The highest BCUT2D eigenvalue weighted by Crippen LogP contribution is 2.26. The van der Waals surface area contributed by atoms with E-state index in [1.54, 1.807) is 7.11 Å². The summed E-state index contributed by atoms with van der Waals surface area (Å²) in [5.41, 5.74) is 6.45. The first-order valence-electron chi connectivity index (χ1n) is 5.49. The van der Waals surface area contributed by atoms with Crippen LogP contribution in [-0.4, -0.2) is 13.0 Å². The van der Waals surface area contributed by atoms with Gasteiger partial charge in [0.15, 0.2) is 0 Å². The molecule has 1 aliphatic rings. The fourth-order valence-corrected chi connectivity index (χ4v) is 1.58. The molecule has 1 aliphatic carbocycles. The summed E-state index contributed by atoms with van der Waals surface area (Å²) in [5, 5.41) is 0. The standard InChI is InChI=1S/C12H16N2O2/c1-16-11-7-5-10(6-8-11)13-14-12(15)9-3-2-4-9/h5-9,13H,2-4H2,1H3,(H,14,15). The van der Waals surface area contributed by atoms with E-state index in [4.69, 9.17) is 4.74 Å². The van der Waals surface area contributed by atoms with Crippen LogP contribution >= 0.6 is 0 Å². The molecule has 1 aromatic carbocycles. The van der Waals surface area contributed by atoms with Gasteiger partial charge < -0.3 is 4.74 Å². The summed E-state index contributed by atoms with van der Waals surface area (Å²) in [6.07, 6.45) is 3.19. The number of amides is 1. The lowest BCUT2D eigenvalue weighted by Gasteiger charge is -2.24. The van der Waals surface area contributed by atoms with Gasteiger partial charge in [0.25, 0.3) is 0 Å². The minimum Gasteiger partial charge on any atom is -0.497 e. The van der Waals surface area contributed by atoms with Gasteiger partial charge in [-0.3, -0.25) is 15.6 Å². The number of rotatable bonds is 4. The Morgan fingerprint density at radius 3 is 2.50 bits per heavy atom. The van der Waals surface area contributed by atoms with Crippen LogP contribution in [0.2, 0.25) is 0 Å². The molecule has 16 heavy (non-hydrogen) atoms. The number of benzene rings is 1. The minimum absolute atomic E-state index is 0.0852. The summed E-state index contributed by atoms with van der Waals surface area (Å²) in [4.78, 5) is 11.5. The molecule has 1 saturated carbocycles. The lowest BCUT2D eigenvalue weighted by molar-refractivity contribution is -0.126. The molecule has 0 spiro atoms. The van der Waals surface area contributed by atoms with Gasteiger partial charge in [-0.05, 0) is 37.1 Å². The molecule has 1 fully saturated rings. The number of nitrogens with one attached hydrogen (secondary N) is 2. The zero-order valence-electron chi connectivity index (χ0n) is 9.32. The van der Waals surface area contributed by atoms with Gasteiger partial charge in [-0.1, -0.05) is 6.42 Å². The van der Waals surface area contributed by atoms with Crippen molar-refractivity contribution < 1.29 is 9.53 Å². The van der Waals surface area contributed by atoms with Gasteiger partial charge in [0.2, 0.25) is 5.91 Å². The highest BCUT2D eigenvalue weighted by molar-refractivity contribution is 5.80. The maximum absolute atomic E-state index is 11.5. The third kappa shape index (κ3) is 2.45. The lowest BCUT2D eigenvalue weighted by Crippen LogP contribution is -2.37. The summed E-state index contributed by atoms with van der Waals surface area (Å²) < 4.78 is 5.04. The number of hydrogen-bond donors (Lipinski definition) is 2. The molecule has 0 heterocycles. The molecule has 1 aromatic rings. The van der Waals surface area contributed by atoms with E-state index in [0.29, 0.717) is 0 Å². The van der Waals surface area contributed by atoms with E-state index < -0.39 is 0 Å². The minimum atomic E-state index is 0.0852. The van der Waals surface area contributed by atoms with Crippen LogP contribution in [-0.2, 0) is 4.79 Å². The lowest BCUT2D eigenvalue weighted by atomic mass is 9.85. The zero-order valence-corrected chi connectivity index (χ0v) is 9.32. The quantitative estimate of drug-likeness (QED) is 0.762. The monoisotopic (exact) mass is 220 g/mol. The third-order valence-electron chi connectivity index (χ3n) is 2.90. The van der Waals surface area contributed by atoms with Crippen LogP contribution in [0.25, 0.3) is 0 Å². The van der Waals surface area contributed by atoms with Crippen LogP contribution in [0.1, 0.15) is 19.3 Å². The van der Waals surface area contributed by atoms with Gasteiger partial charge in [0.05, 0.1) is 12.8 Å². The number of hydrogen-bond acceptors (Lipinski definition) is 3. The number of carbonyl (C=O) groups excluding carboxylic acids is 1. The molecule has 4 nitrogen and oxygen atoms in total. The van der Waals surface area contributed by atoms with Crippen molar-refractivity contribution in [3.8, 4) is 5.75 Å². The van der Waals surface area contributed by atoms with E-state index in [1.165, 1.54) is 6.42 Å². The summed E-state index contributed by atoms with van der Waals surface area (Å²) in [5.74, 6) is 1.09. The fourth-order valence-electron chi connectivity index (χ4n) is 1.58. The molecule has 0 radical (unpaired) electrons. The Bertz CT molecular complexity index is 358. The average Bonchev–Trinajstić information content (AvgIpc) is 2.25.